The number of nitrogens with one attached hydrogen (secondary N) is 3. The van der Waals surface area contributed by atoms with Gasteiger partial charge in [-0.2, -0.15) is 0 Å². The number of rotatable bonds is 6. The summed E-state index contributed by atoms with van der Waals surface area (Å²) in [4.78, 5) is 27.5. The summed E-state index contributed by atoms with van der Waals surface area (Å²) < 4.78 is 5.72. The van der Waals surface area contributed by atoms with Gasteiger partial charge in [-0.15, -0.1) is 0 Å². The van der Waals surface area contributed by atoms with Gasteiger partial charge in [0.25, 0.3) is 5.91 Å². The van der Waals surface area contributed by atoms with Crippen molar-refractivity contribution in [3.8, 4) is 5.75 Å². The van der Waals surface area contributed by atoms with Crippen LogP contribution in [-0.2, 0) is 4.79 Å². The zero-order valence-corrected chi connectivity index (χ0v) is 16.2. The number of nitrogens with zero attached hydrogens (tertiary/aromatic N) is 1. The number of amides is 3. The van der Waals surface area contributed by atoms with Crippen LogP contribution in [0.25, 0.3) is 0 Å². The largest absolute Gasteiger partial charge is 0.492 e. The first-order valence-electron chi connectivity index (χ1n) is 9.35. The molecule has 0 aliphatic carbocycles. The summed E-state index contributed by atoms with van der Waals surface area (Å²) in [5.41, 5.74) is 1.10. The van der Waals surface area contributed by atoms with Gasteiger partial charge in [-0.3, -0.25) is 10.1 Å². The van der Waals surface area contributed by atoms with Gasteiger partial charge in [-0.25, -0.2) is 4.79 Å². The van der Waals surface area contributed by atoms with Crippen LogP contribution in [0.1, 0.15) is 27.7 Å². The Morgan fingerprint density at radius 3 is 2.46 bits per heavy atom. The van der Waals surface area contributed by atoms with Crippen molar-refractivity contribution < 1.29 is 19.2 Å². The molecule has 1 aliphatic rings. The average Bonchev–Trinajstić information content (AvgIpc) is 2.61. The van der Waals surface area contributed by atoms with E-state index in [-0.39, 0.29) is 18.0 Å². The summed E-state index contributed by atoms with van der Waals surface area (Å²) in [5, 5.41) is 5.11. The predicted octanol–water partition coefficient (Wildman–Crippen LogP) is 0.413. The summed E-state index contributed by atoms with van der Waals surface area (Å²) >= 11 is 0. The second-order valence-electron chi connectivity index (χ2n) is 6.89. The van der Waals surface area contributed by atoms with Crippen molar-refractivity contribution in [1.82, 2.24) is 10.6 Å². The number of carbonyl (C=O) groups is 2. The van der Waals surface area contributed by atoms with E-state index in [1.165, 1.54) is 4.90 Å². The topological polar surface area (TPSA) is 75.1 Å². The normalized spacial score (nSPS) is 16.3. The second-order valence-corrected chi connectivity index (χ2v) is 6.89. The number of imide groups is 1. The van der Waals surface area contributed by atoms with Crippen molar-refractivity contribution in [2.24, 2.45) is 0 Å². The minimum absolute atomic E-state index is 0.000550. The lowest BCUT2D eigenvalue weighted by molar-refractivity contribution is -0.914. The van der Waals surface area contributed by atoms with Crippen LogP contribution in [0.5, 0.6) is 5.75 Å². The molecule has 1 aromatic rings. The maximum atomic E-state index is 12.3. The van der Waals surface area contributed by atoms with E-state index in [9.17, 15) is 9.59 Å². The fraction of sp³-hybridized carbons (Fsp3) is 0.579. The third-order valence-corrected chi connectivity index (χ3v) is 4.57. The lowest BCUT2D eigenvalue weighted by Crippen LogP contribution is -3.19. The van der Waals surface area contributed by atoms with Gasteiger partial charge in [0, 0.05) is 6.04 Å². The van der Waals surface area contributed by atoms with E-state index in [0.717, 1.165) is 37.6 Å². The molecule has 7 nitrogen and oxygen atoms in total. The molecule has 0 aromatic heterocycles. The quantitative estimate of drug-likeness (QED) is 0.685. The van der Waals surface area contributed by atoms with Crippen molar-refractivity contribution in [2.45, 2.75) is 39.8 Å². The molecule has 0 unspecified atom stereocenters. The maximum absolute atomic E-state index is 12.3. The number of ether oxygens (including phenoxy) is 1. The van der Waals surface area contributed by atoms with Gasteiger partial charge in [0.15, 0.2) is 6.04 Å². The van der Waals surface area contributed by atoms with Crippen molar-refractivity contribution in [3.05, 3.63) is 24.3 Å². The molecule has 144 valence electrons. The van der Waals surface area contributed by atoms with Crippen LogP contribution >= 0.6 is 0 Å². The molecular weight excluding hydrogens is 332 g/mol. The monoisotopic (exact) mass is 363 g/mol. The molecule has 26 heavy (non-hydrogen) atoms. The van der Waals surface area contributed by atoms with E-state index in [1.54, 1.807) is 0 Å². The first kappa shape index (κ1) is 20.0. The lowest BCUT2D eigenvalue weighted by Gasteiger charge is -2.36. The molecule has 3 N–H and O–H groups in total. The van der Waals surface area contributed by atoms with Crippen molar-refractivity contribution >= 4 is 17.6 Å². The maximum Gasteiger partial charge on any atom is 0.321 e. The Balaban J connectivity index is 1.89. The zero-order valence-electron chi connectivity index (χ0n) is 16.2. The molecule has 2 rings (SSSR count). The lowest BCUT2D eigenvalue weighted by atomic mass is 10.2. The summed E-state index contributed by atoms with van der Waals surface area (Å²) in [6.45, 7) is 11.6. The number of anilines is 1. The summed E-state index contributed by atoms with van der Waals surface area (Å²) in [6, 6.07) is 7.35. The van der Waals surface area contributed by atoms with Gasteiger partial charge in [0.05, 0.1) is 38.5 Å². The molecule has 1 heterocycles. The molecule has 1 atom stereocenters. The highest BCUT2D eigenvalue weighted by molar-refractivity contribution is 5.96. The van der Waals surface area contributed by atoms with Gasteiger partial charge in [0.2, 0.25) is 0 Å². The Morgan fingerprint density at radius 2 is 1.85 bits per heavy atom. The molecule has 0 bridgehead atoms. The molecule has 1 aromatic carbocycles. The molecule has 0 spiro atoms. The SMILES string of the molecule is CCOc1ccccc1N1CC[NH+]([C@@H](C)C(=O)NC(=O)NC(C)C)CC1. The smallest absolute Gasteiger partial charge is 0.321 e. The first-order valence-corrected chi connectivity index (χ1v) is 9.35. The fourth-order valence-corrected chi connectivity index (χ4v) is 3.17. The van der Waals surface area contributed by atoms with E-state index in [1.807, 2.05) is 45.9 Å². The van der Waals surface area contributed by atoms with Crippen molar-refractivity contribution in [2.75, 3.05) is 37.7 Å². The Bertz CT molecular complexity index is 613. The predicted molar refractivity (Wildman–Crippen MR) is 102 cm³/mol. The molecular formula is C19H31N4O3+. The number of hydrogen-bond acceptors (Lipinski definition) is 4. The Hall–Kier alpha value is -2.28. The average molecular weight is 363 g/mol. The van der Waals surface area contributed by atoms with Gasteiger partial charge >= 0.3 is 6.03 Å². The van der Waals surface area contributed by atoms with E-state index < -0.39 is 6.03 Å². The Kier molecular flexibility index (Phi) is 7.26. The highest BCUT2D eigenvalue weighted by Crippen LogP contribution is 2.27. The first-order chi connectivity index (χ1) is 12.4. The third kappa shape index (κ3) is 5.36. The van der Waals surface area contributed by atoms with Crippen LogP contribution < -0.4 is 25.2 Å². The zero-order chi connectivity index (χ0) is 19.1. The number of urea groups is 1. The highest BCUT2D eigenvalue weighted by Gasteiger charge is 2.30. The van der Waals surface area contributed by atoms with Crippen LogP contribution in [0, 0.1) is 0 Å². The van der Waals surface area contributed by atoms with E-state index in [4.69, 9.17) is 4.74 Å². The van der Waals surface area contributed by atoms with Crippen LogP contribution in [0.2, 0.25) is 0 Å². The summed E-state index contributed by atoms with van der Waals surface area (Å²) in [6.07, 6.45) is 0. The van der Waals surface area contributed by atoms with Gasteiger partial charge < -0.3 is 19.9 Å². The number of piperazine rings is 1. The number of benzene rings is 1. The number of para-hydroxylation sites is 2. The number of carbonyl (C=O) groups excluding carboxylic acids is 2. The van der Waals surface area contributed by atoms with Crippen LogP contribution in [0.3, 0.4) is 0 Å². The fourth-order valence-electron chi connectivity index (χ4n) is 3.17. The molecule has 3 amide bonds. The third-order valence-electron chi connectivity index (χ3n) is 4.57. The standard InChI is InChI=1S/C19H30N4O3/c1-5-26-17-9-7-6-8-16(17)23-12-10-22(11-13-23)15(4)18(24)21-19(25)20-14(2)3/h6-9,14-15H,5,10-13H2,1-4H3,(H2,20,21,24,25)/p+1/t15-/m0/s1. The highest BCUT2D eigenvalue weighted by atomic mass is 16.5. The van der Waals surface area contributed by atoms with E-state index in [2.05, 4.69) is 21.6 Å². The van der Waals surface area contributed by atoms with Crippen LogP contribution in [0.4, 0.5) is 10.5 Å². The van der Waals surface area contributed by atoms with Crippen LogP contribution in [0.15, 0.2) is 24.3 Å². The van der Waals surface area contributed by atoms with Crippen LogP contribution in [-0.4, -0.2) is 56.8 Å². The molecule has 1 aliphatic heterocycles. The molecule has 7 heteroatoms. The van der Waals surface area contributed by atoms with Crippen molar-refractivity contribution in [3.63, 3.8) is 0 Å². The van der Waals surface area contributed by atoms with E-state index in [0.29, 0.717) is 6.61 Å². The number of quaternary nitrogens is 1. The second kappa shape index (κ2) is 9.43. The Labute approximate surface area is 155 Å². The molecule has 1 fully saturated rings. The van der Waals surface area contributed by atoms with Gasteiger partial charge in [0.1, 0.15) is 5.75 Å². The molecule has 0 radical (unpaired) electrons. The summed E-state index contributed by atoms with van der Waals surface area (Å²) in [7, 11) is 0. The van der Waals surface area contributed by atoms with E-state index >= 15 is 0 Å². The molecule has 0 saturated carbocycles. The van der Waals surface area contributed by atoms with Gasteiger partial charge in [-0.05, 0) is 39.8 Å². The molecule has 1 saturated heterocycles. The minimum Gasteiger partial charge on any atom is -0.492 e. The van der Waals surface area contributed by atoms with Crippen molar-refractivity contribution in [1.29, 1.82) is 0 Å². The minimum atomic E-state index is -0.430. The Morgan fingerprint density at radius 1 is 1.19 bits per heavy atom. The summed E-state index contributed by atoms with van der Waals surface area (Å²) in [5.74, 6) is 0.663. The van der Waals surface area contributed by atoms with Gasteiger partial charge in [-0.1, -0.05) is 12.1 Å². The number of hydrogen-bond donors (Lipinski definition) is 3.